The van der Waals surface area contributed by atoms with Gasteiger partial charge < -0.3 is 20.6 Å². The van der Waals surface area contributed by atoms with Crippen molar-refractivity contribution in [1.29, 1.82) is 0 Å². The summed E-state index contributed by atoms with van der Waals surface area (Å²) in [4.78, 5) is 37.7. The summed E-state index contributed by atoms with van der Waals surface area (Å²) >= 11 is 0. The van der Waals surface area contributed by atoms with Crippen molar-refractivity contribution in [1.82, 2.24) is 10.2 Å². The van der Waals surface area contributed by atoms with E-state index in [9.17, 15) is 19.5 Å². The summed E-state index contributed by atoms with van der Waals surface area (Å²) < 4.78 is 0. The van der Waals surface area contributed by atoms with Crippen LogP contribution in [0.1, 0.15) is 24.2 Å². The molecule has 2 amide bonds. The highest BCUT2D eigenvalue weighted by atomic mass is 16.4. The molecular formula is C18H25N3O4. The lowest BCUT2D eigenvalue weighted by atomic mass is 10.1. The number of carbonyl (C=O) groups is 3. The first-order valence-corrected chi connectivity index (χ1v) is 8.21. The molecule has 7 nitrogen and oxygen atoms in total. The third kappa shape index (κ3) is 4.36. The van der Waals surface area contributed by atoms with E-state index in [0.29, 0.717) is 17.8 Å². The summed E-state index contributed by atoms with van der Waals surface area (Å²) in [5.74, 6) is -2.75. The fourth-order valence-electron chi connectivity index (χ4n) is 3.04. The topological polar surface area (TPSA) is 98.7 Å². The van der Waals surface area contributed by atoms with E-state index in [1.54, 1.807) is 38.1 Å². The van der Waals surface area contributed by atoms with Gasteiger partial charge in [0.15, 0.2) is 0 Å². The molecule has 1 aromatic rings. The van der Waals surface area contributed by atoms with Crippen LogP contribution in [0.15, 0.2) is 24.3 Å². The predicted molar refractivity (Wildman–Crippen MR) is 94.4 cm³/mol. The first kappa shape index (κ1) is 18.9. The molecular weight excluding hydrogens is 322 g/mol. The van der Waals surface area contributed by atoms with Gasteiger partial charge >= 0.3 is 5.97 Å². The number of amides is 2. The van der Waals surface area contributed by atoms with Crippen LogP contribution in [0.4, 0.5) is 5.69 Å². The van der Waals surface area contributed by atoms with Gasteiger partial charge in [-0.2, -0.15) is 0 Å². The number of anilines is 1. The van der Waals surface area contributed by atoms with Gasteiger partial charge in [0.25, 0.3) is 5.91 Å². The van der Waals surface area contributed by atoms with Crippen LogP contribution in [0.2, 0.25) is 0 Å². The number of aliphatic carboxylic acids is 1. The second-order valence-corrected chi connectivity index (χ2v) is 7.24. The van der Waals surface area contributed by atoms with E-state index < -0.39 is 23.2 Å². The summed E-state index contributed by atoms with van der Waals surface area (Å²) in [5, 5.41) is 14.7. The number of nitrogens with one attached hydrogen (secondary N) is 2. The lowest BCUT2D eigenvalue weighted by Crippen LogP contribution is -2.31. The maximum atomic E-state index is 12.4. The van der Waals surface area contributed by atoms with E-state index in [-0.39, 0.29) is 11.8 Å². The first-order valence-electron chi connectivity index (χ1n) is 8.21. The van der Waals surface area contributed by atoms with Crippen LogP contribution in [0.3, 0.4) is 0 Å². The molecule has 1 fully saturated rings. The van der Waals surface area contributed by atoms with Crippen LogP contribution in [0.5, 0.6) is 0 Å². The number of carboxylic acids is 1. The number of carbonyl (C=O) groups excluding carboxylic acids is 2. The largest absolute Gasteiger partial charge is 0.481 e. The molecule has 0 radical (unpaired) electrons. The molecule has 1 aliphatic rings. The third-order valence-electron chi connectivity index (χ3n) is 4.61. The van der Waals surface area contributed by atoms with Gasteiger partial charge in [-0.3, -0.25) is 14.4 Å². The molecule has 1 aliphatic carbocycles. The molecule has 0 bridgehead atoms. The molecule has 0 spiro atoms. The van der Waals surface area contributed by atoms with Gasteiger partial charge in [-0.05, 0) is 37.7 Å². The Morgan fingerprint density at radius 2 is 1.88 bits per heavy atom. The molecule has 3 N–H and O–H groups in total. The van der Waals surface area contributed by atoms with Crippen LogP contribution in [0, 0.1) is 17.3 Å². The SMILES string of the molecule is CN(C)CCNC(=O)c1cccc(NC(=O)[C@H]2[C@H](C(=O)O)C2(C)C)c1. The summed E-state index contributed by atoms with van der Waals surface area (Å²) in [5.41, 5.74) is 0.371. The lowest BCUT2D eigenvalue weighted by Gasteiger charge is -2.11. The van der Waals surface area contributed by atoms with Crippen molar-refractivity contribution in [2.45, 2.75) is 13.8 Å². The third-order valence-corrected chi connectivity index (χ3v) is 4.61. The Kier molecular flexibility index (Phi) is 5.47. The predicted octanol–water partition coefficient (Wildman–Crippen LogP) is 1.27. The van der Waals surface area contributed by atoms with Gasteiger partial charge in [-0.25, -0.2) is 0 Å². The lowest BCUT2D eigenvalue weighted by molar-refractivity contribution is -0.140. The molecule has 0 saturated heterocycles. The first-order chi connectivity index (χ1) is 11.6. The zero-order valence-corrected chi connectivity index (χ0v) is 15.0. The van der Waals surface area contributed by atoms with Crippen molar-refractivity contribution in [2.75, 3.05) is 32.5 Å². The molecule has 0 aromatic heterocycles. The Hall–Kier alpha value is -2.41. The van der Waals surface area contributed by atoms with E-state index >= 15 is 0 Å². The average Bonchev–Trinajstić information content (AvgIpc) is 3.10. The standard InChI is InChI=1S/C18H25N3O4/c1-18(2)13(14(18)17(24)25)16(23)20-12-7-5-6-11(10-12)15(22)19-8-9-21(3)4/h5-7,10,13-14H,8-9H2,1-4H3,(H,19,22)(H,20,23)(H,24,25)/t13-,14-/m1/s1. The Morgan fingerprint density at radius 3 is 2.44 bits per heavy atom. The van der Waals surface area contributed by atoms with Crippen molar-refractivity contribution in [3.63, 3.8) is 0 Å². The van der Waals surface area contributed by atoms with Crippen molar-refractivity contribution in [2.24, 2.45) is 17.3 Å². The molecule has 0 unspecified atom stereocenters. The monoisotopic (exact) mass is 347 g/mol. The average molecular weight is 347 g/mol. The summed E-state index contributed by atoms with van der Waals surface area (Å²) in [6, 6.07) is 6.62. The van der Waals surface area contributed by atoms with Crippen LogP contribution in [-0.2, 0) is 9.59 Å². The normalized spacial score (nSPS) is 20.8. The number of benzene rings is 1. The minimum absolute atomic E-state index is 0.215. The Balaban J connectivity index is 1.99. The maximum Gasteiger partial charge on any atom is 0.307 e. The van der Waals surface area contributed by atoms with Crippen molar-refractivity contribution in [3.05, 3.63) is 29.8 Å². The highest BCUT2D eigenvalue weighted by molar-refractivity contribution is 6.01. The zero-order valence-electron chi connectivity index (χ0n) is 15.0. The van der Waals surface area contributed by atoms with Gasteiger partial charge in [0.1, 0.15) is 0 Å². The molecule has 0 aliphatic heterocycles. The highest BCUT2D eigenvalue weighted by Crippen LogP contribution is 2.58. The quantitative estimate of drug-likeness (QED) is 0.690. The zero-order chi connectivity index (χ0) is 18.8. The maximum absolute atomic E-state index is 12.4. The van der Waals surface area contributed by atoms with E-state index in [1.807, 2.05) is 19.0 Å². The van der Waals surface area contributed by atoms with Crippen molar-refractivity contribution >= 4 is 23.5 Å². The Morgan fingerprint density at radius 1 is 1.20 bits per heavy atom. The van der Waals surface area contributed by atoms with E-state index in [1.165, 1.54) is 0 Å². The second-order valence-electron chi connectivity index (χ2n) is 7.24. The van der Waals surface area contributed by atoms with Gasteiger partial charge in [0.05, 0.1) is 11.8 Å². The van der Waals surface area contributed by atoms with Crippen LogP contribution < -0.4 is 10.6 Å². The van der Waals surface area contributed by atoms with E-state index in [4.69, 9.17) is 0 Å². The fraction of sp³-hybridized carbons (Fsp3) is 0.500. The minimum atomic E-state index is -0.959. The Labute approximate surface area is 147 Å². The molecule has 1 aromatic carbocycles. The van der Waals surface area contributed by atoms with Gasteiger partial charge in [-0.15, -0.1) is 0 Å². The molecule has 2 atom stereocenters. The fourth-order valence-corrected chi connectivity index (χ4v) is 3.04. The van der Waals surface area contributed by atoms with Gasteiger partial charge in [-0.1, -0.05) is 19.9 Å². The minimum Gasteiger partial charge on any atom is -0.481 e. The molecule has 0 heterocycles. The molecule has 1 saturated carbocycles. The molecule has 136 valence electrons. The Bertz CT molecular complexity index is 685. The van der Waals surface area contributed by atoms with Gasteiger partial charge in [0.2, 0.25) is 5.91 Å². The summed E-state index contributed by atoms with van der Waals surface area (Å²) in [7, 11) is 3.85. The number of nitrogens with zero attached hydrogens (tertiary/aromatic N) is 1. The molecule has 2 rings (SSSR count). The van der Waals surface area contributed by atoms with Crippen LogP contribution in [0.25, 0.3) is 0 Å². The van der Waals surface area contributed by atoms with Crippen LogP contribution in [-0.4, -0.2) is 55.0 Å². The highest BCUT2D eigenvalue weighted by Gasteiger charge is 2.65. The smallest absolute Gasteiger partial charge is 0.307 e. The van der Waals surface area contributed by atoms with Crippen molar-refractivity contribution in [3.8, 4) is 0 Å². The molecule has 25 heavy (non-hydrogen) atoms. The summed E-state index contributed by atoms with van der Waals surface area (Å²) in [6.45, 7) is 4.80. The number of rotatable bonds is 7. The van der Waals surface area contributed by atoms with E-state index in [2.05, 4.69) is 10.6 Å². The number of carboxylic acid groups (broad SMARTS) is 1. The number of likely N-dealkylation sites (N-methyl/N-ethyl adjacent to an activating group) is 1. The number of hydrogen-bond donors (Lipinski definition) is 3. The number of hydrogen-bond acceptors (Lipinski definition) is 4. The summed E-state index contributed by atoms with van der Waals surface area (Å²) in [6.07, 6.45) is 0. The van der Waals surface area contributed by atoms with E-state index in [0.717, 1.165) is 6.54 Å². The van der Waals surface area contributed by atoms with Crippen molar-refractivity contribution < 1.29 is 19.5 Å². The second kappa shape index (κ2) is 7.23. The van der Waals surface area contributed by atoms with Gasteiger partial charge in [0, 0.05) is 24.3 Å². The molecule has 7 heteroatoms. The van der Waals surface area contributed by atoms with Crippen LogP contribution >= 0.6 is 0 Å².